The van der Waals surface area contributed by atoms with Gasteiger partial charge in [0.25, 0.3) is 0 Å². The maximum atomic E-state index is 11.9. The van der Waals surface area contributed by atoms with E-state index in [0.29, 0.717) is 5.76 Å². The van der Waals surface area contributed by atoms with Gasteiger partial charge in [0.1, 0.15) is 11.5 Å². The molecule has 3 heteroatoms. The molecule has 0 fully saturated rings. The van der Waals surface area contributed by atoms with Gasteiger partial charge >= 0.3 is 0 Å². The lowest BCUT2D eigenvalue weighted by atomic mass is 10.1. The quantitative estimate of drug-likeness (QED) is 0.866. The lowest BCUT2D eigenvalue weighted by Crippen LogP contribution is -2.25. The molecule has 1 unspecified atom stereocenters. The lowest BCUT2D eigenvalue weighted by molar-refractivity contribution is -0.117. The second-order valence-electron chi connectivity index (χ2n) is 5.08. The Morgan fingerprint density at radius 1 is 1.30 bits per heavy atom. The highest BCUT2D eigenvalue weighted by Crippen LogP contribution is 2.30. The van der Waals surface area contributed by atoms with Crippen LogP contribution >= 0.6 is 0 Å². The monoisotopic (exact) mass is 267 g/mol. The molecule has 1 amide bonds. The van der Waals surface area contributed by atoms with Gasteiger partial charge in [-0.1, -0.05) is 24.3 Å². The summed E-state index contributed by atoms with van der Waals surface area (Å²) in [6.07, 6.45) is 5.23. The minimum atomic E-state index is -0.0826. The smallest absolute Gasteiger partial charge is 0.244 e. The molecule has 2 aromatic rings. The number of amides is 1. The molecule has 1 atom stereocenters. The summed E-state index contributed by atoms with van der Waals surface area (Å²) in [5.41, 5.74) is 2.58. The van der Waals surface area contributed by atoms with E-state index in [4.69, 9.17) is 4.42 Å². The molecular formula is C17H17NO2. The molecule has 0 radical (unpaired) electrons. The normalized spacial score (nSPS) is 17.4. The van der Waals surface area contributed by atoms with Crippen molar-refractivity contribution in [3.63, 3.8) is 0 Å². The zero-order chi connectivity index (χ0) is 13.9. The molecule has 0 spiro atoms. The molecule has 1 aromatic carbocycles. The van der Waals surface area contributed by atoms with Crippen molar-refractivity contribution in [2.75, 3.05) is 0 Å². The molecule has 1 aliphatic carbocycles. The van der Waals surface area contributed by atoms with Crippen molar-refractivity contribution in [3.05, 3.63) is 65.1 Å². The van der Waals surface area contributed by atoms with E-state index in [1.54, 1.807) is 6.08 Å². The fourth-order valence-corrected chi connectivity index (χ4v) is 2.63. The van der Waals surface area contributed by atoms with Crippen molar-refractivity contribution in [2.24, 2.45) is 0 Å². The molecule has 1 aliphatic rings. The third-order valence-corrected chi connectivity index (χ3v) is 3.61. The second kappa shape index (κ2) is 5.37. The summed E-state index contributed by atoms with van der Waals surface area (Å²) in [4.78, 5) is 11.9. The van der Waals surface area contributed by atoms with Gasteiger partial charge in [0.05, 0.1) is 6.04 Å². The highest BCUT2D eigenvalue weighted by Gasteiger charge is 2.22. The summed E-state index contributed by atoms with van der Waals surface area (Å²) < 4.78 is 5.39. The van der Waals surface area contributed by atoms with Crippen molar-refractivity contribution in [1.82, 2.24) is 5.32 Å². The number of carbonyl (C=O) groups excluding carboxylic acids is 1. The van der Waals surface area contributed by atoms with Crippen molar-refractivity contribution in [2.45, 2.75) is 25.8 Å². The number of aryl methyl sites for hydroxylation is 2. The molecule has 0 saturated carbocycles. The largest absolute Gasteiger partial charge is 0.462 e. The average molecular weight is 267 g/mol. The number of hydrogen-bond acceptors (Lipinski definition) is 2. The summed E-state index contributed by atoms with van der Waals surface area (Å²) in [5, 5.41) is 3.04. The van der Waals surface area contributed by atoms with Gasteiger partial charge in [0.15, 0.2) is 0 Å². The lowest BCUT2D eigenvalue weighted by Gasteiger charge is -2.12. The van der Waals surface area contributed by atoms with E-state index in [9.17, 15) is 4.79 Å². The number of furan rings is 1. The zero-order valence-corrected chi connectivity index (χ0v) is 11.4. The predicted octanol–water partition coefficient (Wildman–Crippen LogP) is 3.40. The van der Waals surface area contributed by atoms with E-state index in [2.05, 4.69) is 17.4 Å². The van der Waals surface area contributed by atoms with E-state index in [1.165, 1.54) is 17.2 Å². The molecule has 1 heterocycles. The molecular weight excluding hydrogens is 250 g/mol. The van der Waals surface area contributed by atoms with E-state index in [-0.39, 0.29) is 11.9 Å². The zero-order valence-electron chi connectivity index (χ0n) is 11.4. The Morgan fingerprint density at radius 2 is 2.15 bits per heavy atom. The molecule has 0 saturated heterocycles. The van der Waals surface area contributed by atoms with Crippen LogP contribution in [-0.4, -0.2) is 5.91 Å². The Hall–Kier alpha value is -2.29. The van der Waals surface area contributed by atoms with Crippen molar-refractivity contribution in [1.29, 1.82) is 0 Å². The van der Waals surface area contributed by atoms with Crippen LogP contribution in [0.5, 0.6) is 0 Å². The highest BCUT2D eigenvalue weighted by atomic mass is 16.3. The van der Waals surface area contributed by atoms with Gasteiger partial charge in [-0.25, -0.2) is 0 Å². The Bertz CT molecular complexity index is 655. The van der Waals surface area contributed by atoms with Crippen LogP contribution in [0.2, 0.25) is 0 Å². The van der Waals surface area contributed by atoms with Gasteiger partial charge in [-0.3, -0.25) is 4.79 Å². The minimum Gasteiger partial charge on any atom is -0.462 e. The maximum absolute atomic E-state index is 11.9. The first-order valence-electron chi connectivity index (χ1n) is 6.85. The first kappa shape index (κ1) is 12.7. The Kier molecular flexibility index (Phi) is 3.42. The number of rotatable bonds is 3. The Balaban J connectivity index is 1.64. The maximum Gasteiger partial charge on any atom is 0.244 e. The number of benzene rings is 1. The third-order valence-electron chi connectivity index (χ3n) is 3.61. The van der Waals surface area contributed by atoms with Gasteiger partial charge in [0.2, 0.25) is 5.91 Å². The Morgan fingerprint density at radius 3 is 2.95 bits per heavy atom. The predicted molar refractivity (Wildman–Crippen MR) is 78.1 cm³/mol. The van der Waals surface area contributed by atoms with Gasteiger partial charge in [0, 0.05) is 6.08 Å². The van der Waals surface area contributed by atoms with Crippen LogP contribution in [-0.2, 0) is 11.2 Å². The summed E-state index contributed by atoms with van der Waals surface area (Å²) in [6, 6.07) is 12.1. The first-order chi connectivity index (χ1) is 9.72. The van der Waals surface area contributed by atoms with E-state index < -0.39 is 0 Å². The molecule has 0 bridgehead atoms. The molecule has 0 aliphatic heterocycles. The molecule has 3 nitrogen and oxygen atoms in total. The molecule has 20 heavy (non-hydrogen) atoms. The van der Waals surface area contributed by atoms with Crippen LogP contribution < -0.4 is 5.32 Å². The summed E-state index contributed by atoms with van der Waals surface area (Å²) in [5.74, 6) is 1.46. The van der Waals surface area contributed by atoms with Gasteiger partial charge in [-0.15, -0.1) is 0 Å². The van der Waals surface area contributed by atoms with Crippen LogP contribution in [0.1, 0.15) is 35.1 Å². The topological polar surface area (TPSA) is 42.2 Å². The fraction of sp³-hybridized carbons (Fsp3) is 0.235. The number of nitrogens with one attached hydrogen (secondary N) is 1. The summed E-state index contributed by atoms with van der Waals surface area (Å²) in [6.45, 7) is 1.88. The van der Waals surface area contributed by atoms with E-state index in [1.807, 2.05) is 31.2 Å². The Labute approximate surface area is 118 Å². The molecule has 1 N–H and O–H groups in total. The summed E-state index contributed by atoms with van der Waals surface area (Å²) in [7, 11) is 0. The number of hydrogen-bond donors (Lipinski definition) is 1. The van der Waals surface area contributed by atoms with E-state index >= 15 is 0 Å². The highest BCUT2D eigenvalue weighted by molar-refractivity contribution is 5.91. The van der Waals surface area contributed by atoms with Crippen LogP contribution in [0, 0.1) is 6.92 Å². The SMILES string of the molecule is Cc1ccc(C=CC(=O)NC2CCc3ccccc32)o1. The average Bonchev–Trinajstić information content (AvgIpc) is 3.04. The second-order valence-corrected chi connectivity index (χ2v) is 5.08. The standard InChI is InChI=1S/C17H17NO2/c1-12-6-8-14(20-12)9-11-17(19)18-16-10-7-13-4-2-3-5-15(13)16/h2-6,8-9,11,16H,7,10H2,1H3,(H,18,19). The van der Waals surface area contributed by atoms with Crippen LogP contribution in [0.4, 0.5) is 0 Å². The molecule has 3 rings (SSSR count). The van der Waals surface area contributed by atoms with Crippen LogP contribution in [0.25, 0.3) is 6.08 Å². The minimum absolute atomic E-state index is 0.0826. The van der Waals surface area contributed by atoms with Crippen LogP contribution in [0.3, 0.4) is 0 Å². The fourth-order valence-electron chi connectivity index (χ4n) is 2.63. The van der Waals surface area contributed by atoms with Crippen molar-refractivity contribution < 1.29 is 9.21 Å². The number of fused-ring (bicyclic) bond motifs is 1. The van der Waals surface area contributed by atoms with Gasteiger partial charge < -0.3 is 9.73 Å². The van der Waals surface area contributed by atoms with Crippen molar-refractivity contribution in [3.8, 4) is 0 Å². The molecule has 102 valence electrons. The first-order valence-corrected chi connectivity index (χ1v) is 6.85. The van der Waals surface area contributed by atoms with Gasteiger partial charge in [-0.05, 0) is 49.1 Å². The van der Waals surface area contributed by atoms with Crippen LogP contribution in [0.15, 0.2) is 46.9 Å². The van der Waals surface area contributed by atoms with Crippen molar-refractivity contribution >= 4 is 12.0 Å². The van der Waals surface area contributed by atoms with E-state index in [0.717, 1.165) is 18.6 Å². The van der Waals surface area contributed by atoms with Gasteiger partial charge in [-0.2, -0.15) is 0 Å². The summed E-state index contributed by atoms with van der Waals surface area (Å²) >= 11 is 0. The molecule has 1 aromatic heterocycles. The third kappa shape index (κ3) is 2.67. The number of carbonyl (C=O) groups is 1.